The van der Waals surface area contributed by atoms with Crippen LogP contribution in [0.1, 0.15) is 34.9 Å². The van der Waals surface area contributed by atoms with Gasteiger partial charge in [-0.05, 0) is 48.6 Å². The van der Waals surface area contributed by atoms with Gasteiger partial charge in [-0.3, -0.25) is 14.6 Å². The molecule has 3 aromatic rings. The lowest BCUT2D eigenvalue weighted by molar-refractivity contribution is -0.129. The van der Waals surface area contributed by atoms with E-state index in [1.165, 1.54) is 0 Å². The topological polar surface area (TPSA) is 62.3 Å². The van der Waals surface area contributed by atoms with Crippen LogP contribution in [0.3, 0.4) is 0 Å². The molecule has 6 heteroatoms. The lowest BCUT2D eigenvalue weighted by Gasteiger charge is -2.40. The number of anilines is 1. The average Bonchev–Trinajstić information content (AvgIpc) is 3.28. The molecule has 5 nitrogen and oxygen atoms in total. The van der Waals surface area contributed by atoms with E-state index in [1.807, 2.05) is 65.7 Å². The Morgan fingerprint density at radius 1 is 1.21 bits per heavy atom. The van der Waals surface area contributed by atoms with Crippen LogP contribution in [-0.2, 0) is 16.1 Å². The summed E-state index contributed by atoms with van der Waals surface area (Å²) in [5.41, 5.74) is 2.93. The van der Waals surface area contributed by atoms with E-state index in [0.29, 0.717) is 19.4 Å². The maximum atomic E-state index is 13.1. The summed E-state index contributed by atoms with van der Waals surface area (Å²) in [6.45, 7) is 2.45. The molecule has 1 aromatic carbocycles. The molecule has 1 aliphatic rings. The van der Waals surface area contributed by atoms with Crippen LogP contribution in [0.25, 0.3) is 0 Å². The number of rotatable bonds is 5. The third-order valence-electron chi connectivity index (χ3n) is 5.27. The summed E-state index contributed by atoms with van der Waals surface area (Å²) in [4.78, 5) is 33.0. The molecule has 2 aromatic heterocycles. The van der Waals surface area contributed by atoms with E-state index in [4.69, 9.17) is 0 Å². The first-order chi connectivity index (χ1) is 14.1. The predicted molar refractivity (Wildman–Crippen MR) is 115 cm³/mol. The number of hydrogen-bond acceptors (Lipinski definition) is 4. The van der Waals surface area contributed by atoms with Crippen molar-refractivity contribution in [3.63, 3.8) is 0 Å². The monoisotopic (exact) mass is 405 g/mol. The molecular weight excluding hydrogens is 382 g/mol. The van der Waals surface area contributed by atoms with Gasteiger partial charge in [0.05, 0.1) is 12.0 Å². The fourth-order valence-electron chi connectivity index (χ4n) is 3.78. The van der Waals surface area contributed by atoms with Crippen molar-refractivity contribution in [1.82, 2.24) is 10.3 Å². The van der Waals surface area contributed by atoms with Gasteiger partial charge in [-0.2, -0.15) is 0 Å². The van der Waals surface area contributed by atoms with E-state index in [9.17, 15) is 9.59 Å². The second-order valence-corrected chi connectivity index (χ2v) is 8.26. The SMILES string of the molecule is Cc1ccc(N2C(=O)CCC(C(=O)NCc3cccnc3)C2c2cccs2)cc1. The number of thiophene rings is 1. The molecule has 29 heavy (non-hydrogen) atoms. The highest BCUT2D eigenvalue weighted by atomic mass is 32.1. The van der Waals surface area contributed by atoms with Gasteiger partial charge in [-0.25, -0.2) is 0 Å². The number of carbonyl (C=O) groups excluding carboxylic acids is 2. The van der Waals surface area contributed by atoms with Crippen molar-refractivity contribution in [2.45, 2.75) is 32.4 Å². The molecule has 1 fully saturated rings. The van der Waals surface area contributed by atoms with E-state index >= 15 is 0 Å². The smallest absolute Gasteiger partial charge is 0.227 e. The van der Waals surface area contributed by atoms with Crippen LogP contribution in [0, 0.1) is 12.8 Å². The highest BCUT2D eigenvalue weighted by molar-refractivity contribution is 7.10. The number of nitrogens with one attached hydrogen (secondary N) is 1. The largest absolute Gasteiger partial charge is 0.352 e. The number of pyridine rings is 1. The van der Waals surface area contributed by atoms with Gasteiger partial charge in [0.25, 0.3) is 0 Å². The molecule has 2 amide bonds. The van der Waals surface area contributed by atoms with Crippen LogP contribution >= 0.6 is 11.3 Å². The van der Waals surface area contributed by atoms with Crippen molar-refractivity contribution < 1.29 is 9.59 Å². The third kappa shape index (κ3) is 4.22. The van der Waals surface area contributed by atoms with Crippen LogP contribution in [0.5, 0.6) is 0 Å². The van der Waals surface area contributed by atoms with Crippen LogP contribution in [0.15, 0.2) is 66.3 Å². The summed E-state index contributed by atoms with van der Waals surface area (Å²) < 4.78 is 0. The number of aryl methyl sites for hydroxylation is 1. The Labute approximate surface area is 174 Å². The molecule has 0 bridgehead atoms. The van der Waals surface area contributed by atoms with Crippen molar-refractivity contribution in [3.05, 3.63) is 82.3 Å². The van der Waals surface area contributed by atoms with E-state index in [-0.39, 0.29) is 23.8 Å². The molecule has 2 atom stereocenters. The maximum absolute atomic E-state index is 13.1. The molecule has 148 valence electrons. The van der Waals surface area contributed by atoms with Gasteiger partial charge in [0.1, 0.15) is 0 Å². The zero-order valence-corrected chi connectivity index (χ0v) is 17.1. The molecule has 1 saturated heterocycles. The summed E-state index contributed by atoms with van der Waals surface area (Å²) in [5.74, 6) is -0.273. The molecule has 0 saturated carbocycles. The third-order valence-corrected chi connectivity index (χ3v) is 6.21. The summed E-state index contributed by atoms with van der Waals surface area (Å²) in [6.07, 6.45) is 4.37. The van der Waals surface area contributed by atoms with E-state index in [1.54, 1.807) is 23.7 Å². The zero-order valence-electron chi connectivity index (χ0n) is 16.2. The normalized spacial score (nSPS) is 19.2. The maximum Gasteiger partial charge on any atom is 0.227 e. The van der Waals surface area contributed by atoms with Gasteiger partial charge < -0.3 is 10.2 Å². The number of amides is 2. The van der Waals surface area contributed by atoms with E-state index < -0.39 is 0 Å². The van der Waals surface area contributed by atoms with Crippen LogP contribution in [0.4, 0.5) is 5.69 Å². The van der Waals surface area contributed by atoms with E-state index in [0.717, 1.165) is 21.7 Å². The van der Waals surface area contributed by atoms with Crippen molar-refractivity contribution >= 4 is 28.8 Å². The number of carbonyl (C=O) groups is 2. The fraction of sp³-hybridized carbons (Fsp3) is 0.261. The first-order valence-electron chi connectivity index (χ1n) is 9.72. The number of hydrogen-bond donors (Lipinski definition) is 1. The van der Waals surface area contributed by atoms with Crippen LogP contribution < -0.4 is 10.2 Å². The minimum Gasteiger partial charge on any atom is -0.352 e. The molecular formula is C23H23N3O2S. The minimum absolute atomic E-state index is 0.0307. The lowest BCUT2D eigenvalue weighted by Crippen LogP contribution is -2.48. The quantitative estimate of drug-likeness (QED) is 0.690. The van der Waals surface area contributed by atoms with Crippen LogP contribution in [-0.4, -0.2) is 16.8 Å². The summed E-state index contributed by atoms with van der Waals surface area (Å²) in [6, 6.07) is 15.4. The Morgan fingerprint density at radius 2 is 2.03 bits per heavy atom. The zero-order chi connectivity index (χ0) is 20.2. The molecule has 0 aliphatic carbocycles. The van der Waals surface area contributed by atoms with Crippen molar-refractivity contribution in [2.75, 3.05) is 4.90 Å². The van der Waals surface area contributed by atoms with Crippen molar-refractivity contribution in [2.24, 2.45) is 5.92 Å². The highest BCUT2D eigenvalue weighted by Crippen LogP contribution is 2.41. The first-order valence-corrected chi connectivity index (χ1v) is 10.6. The standard InChI is InChI=1S/C23H23N3O2S/c1-16-6-8-18(9-7-16)26-21(27)11-10-19(22(26)20-5-3-13-29-20)23(28)25-15-17-4-2-12-24-14-17/h2-9,12-14,19,22H,10-11,15H2,1H3,(H,25,28). The predicted octanol–water partition coefficient (Wildman–Crippen LogP) is 4.25. The molecule has 4 rings (SSSR count). The molecule has 0 radical (unpaired) electrons. The summed E-state index contributed by atoms with van der Waals surface area (Å²) in [7, 11) is 0. The van der Waals surface area contributed by atoms with Crippen molar-refractivity contribution in [3.8, 4) is 0 Å². The van der Waals surface area contributed by atoms with Gasteiger partial charge in [0.15, 0.2) is 0 Å². The average molecular weight is 406 g/mol. The lowest BCUT2D eigenvalue weighted by atomic mass is 9.86. The van der Waals surface area contributed by atoms with Gasteiger partial charge >= 0.3 is 0 Å². The van der Waals surface area contributed by atoms with Gasteiger partial charge in [-0.15, -0.1) is 11.3 Å². The number of benzene rings is 1. The number of nitrogens with zero attached hydrogens (tertiary/aromatic N) is 2. The van der Waals surface area contributed by atoms with Gasteiger partial charge in [0.2, 0.25) is 11.8 Å². The second kappa shape index (κ2) is 8.57. The Kier molecular flexibility index (Phi) is 5.71. The second-order valence-electron chi connectivity index (χ2n) is 7.28. The Bertz CT molecular complexity index is 971. The fourth-order valence-corrected chi connectivity index (χ4v) is 4.67. The molecule has 0 spiro atoms. The Hall–Kier alpha value is -2.99. The summed E-state index contributed by atoms with van der Waals surface area (Å²) in [5, 5.41) is 5.04. The van der Waals surface area contributed by atoms with E-state index in [2.05, 4.69) is 10.3 Å². The highest BCUT2D eigenvalue weighted by Gasteiger charge is 2.41. The molecule has 1 aliphatic heterocycles. The van der Waals surface area contributed by atoms with Gasteiger partial charge in [0, 0.05) is 35.9 Å². The van der Waals surface area contributed by atoms with Crippen LogP contribution in [0.2, 0.25) is 0 Å². The number of aromatic nitrogens is 1. The molecule has 2 unspecified atom stereocenters. The Morgan fingerprint density at radius 3 is 2.72 bits per heavy atom. The molecule has 3 heterocycles. The Balaban J connectivity index is 1.62. The van der Waals surface area contributed by atoms with Crippen molar-refractivity contribution in [1.29, 1.82) is 0 Å². The van der Waals surface area contributed by atoms with Gasteiger partial charge in [-0.1, -0.05) is 29.8 Å². The molecule has 1 N–H and O–H groups in total. The summed E-state index contributed by atoms with van der Waals surface area (Å²) >= 11 is 1.58. The first kappa shape index (κ1) is 19.3. The number of piperidine rings is 1. The minimum atomic E-state index is -0.302.